The molecule has 0 bridgehead atoms. The molecule has 0 amide bonds. The minimum absolute atomic E-state index is 0.0212. The molecule has 1 fully saturated rings. The molecule has 0 spiro atoms. The number of nitrogens with zero attached hydrogens (tertiary/aromatic N) is 2. The van der Waals surface area contributed by atoms with Crippen molar-refractivity contribution in [3.05, 3.63) is 60.7 Å². The Hall–Kier alpha value is -1.34. The monoisotopic (exact) mass is 778 g/mol. The molecule has 0 radical (unpaired) electrons. The Balaban J connectivity index is 2.66. The molecule has 16 heteroatoms. The second-order valence-electron chi connectivity index (χ2n) is 9.70. The maximum atomic E-state index is 14.5. The van der Waals surface area contributed by atoms with Crippen LogP contribution >= 0.6 is 0 Å². The Morgan fingerprint density at radius 3 is 0.947 bits per heavy atom. The standard InChI is InChI=1S/C10H12F12N2Si.2C6H5.Pb/c1-5(7(11,12)13,8(14,15)16)23-25(3,4)24-6(2,9(17,18)19)10(20,21)22;2*1-2-4-6-5-3-1;/h1-4H3;2*1-5H;/q-2;;;+2. The number of halogens is 12. The van der Waals surface area contributed by atoms with E-state index in [-0.39, 0.29) is 18.6 Å². The van der Waals surface area contributed by atoms with E-state index >= 15 is 0 Å². The van der Waals surface area contributed by atoms with Crippen molar-refractivity contribution in [2.45, 2.75) is 62.7 Å². The zero-order valence-corrected chi connectivity index (χ0v) is 25.1. The molecule has 212 valence electrons. The van der Waals surface area contributed by atoms with Crippen LogP contribution in [0.5, 0.6) is 0 Å². The van der Waals surface area contributed by atoms with Crippen molar-refractivity contribution in [2.24, 2.45) is 0 Å². The normalized spacial score (nSPS) is 19.8. The van der Waals surface area contributed by atoms with E-state index in [0.29, 0.717) is 13.1 Å². The summed E-state index contributed by atoms with van der Waals surface area (Å²) in [6, 6.07) is 11.3. The minimum atomic E-state index is -6.91. The number of rotatable bonds is 4. The summed E-state index contributed by atoms with van der Waals surface area (Å²) in [7, 11) is -5.04. The van der Waals surface area contributed by atoms with Gasteiger partial charge in [-0.2, -0.15) is 0 Å². The van der Waals surface area contributed by atoms with Crippen molar-refractivity contribution in [1.82, 2.24) is 4.75 Å². The maximum absolute atomic E-state index is 14.5. The molecule has 1 aliphatic heterocycles. The molecule has 0 aromatic heterocycles. The molecule has 2 aromatic rings. The Morgan fingerprint density at radius 2 is 0.737 bits per heavy atom. The van der Waals surface area contributed by atoms with Gasteiger partial charge in [-0.05, 0) is 0 Å². The second kappa shape index (κ2) is 9.09. The average molecular weight is 778 g/mol. The molecule has 38 heavy (non-hydrogen) atoms. The van der Waals surface area contributed by atoms with Gasteiger partial charge in [0.2, 0.25) is 0 Å². The van der Waals surface area contributed by atoms with E-state index in [0.717, 1.165) is 24.3 Å². The zero-order chi connectivity index (χ0) is 29.4. The topological polar surface area (TPSA) is 6.48 Å². The quantitative estimate of drug-likeness (QED) is 0.265. The van der Waals surface area contributed by atoms with E-state index in [1.165, 1.54) is 36.4 Å². The first-order valence-electron chi connectivity index (χ1n) is 10.9. The van der Waals surface area contributed by atoms with E-state index in [2.05, 4.69) is 0 Å². The van der Waals surface area contributed by atoms with Gasteiger partial charge in [0.1, 0.15) is 0 Å². The van der Waals surface area contributed by atoms with Gasteiger partial charge in [0, 0.05) is 0 Å². The van der Waals surface area contributed by atoms with Gasteiger partial charge in [-0.1, -0.05) is 0 Å². The molecule has 0 N–H and O–H groups in total. The molecule has 0 unspecified atom stereocenters. The van der Waals surface area contributed by atoms with E-state index in [4.69, 9.17) is 0 Å². The van der Waals surface area contributed by atoms with Crippen LogP contribution < -0.4 is 6.25 Å². The molecule has 3 rings (SSSR count). The van der Waals surface area contributed by atoms with Crippen LogP contribution in [0.2, 0.25) is 13.1 Å². The van der Waals surface area contributed by atoms with Crippen LogP contribution in [0.4, 0.5) is 52.7 Å². The summed E-state index contributed by atoms with van der Waals surface area (Å²) in [5.41, 5.74) is -9.48. The molecular formula is C22H22F12N2PbSi. The van der Waals surface area contributed by atoms with Gasteiger partial charge in [-0.3, -0.25) is 0 Å². The molecule has 2 aromatic carbocycles. The first-order valence-corrected chi connectivity index (χ1v) is 21.2. The fourth-order valence-corrected chi connectivity index (χ4v) is 53.2. The fraction of sp³-hybridized carbons (Fsp3) is 0.455. The Kier molecular flexibility index (Phi) is 7.46. The van der Waals surface area contributed by atoms with Gasteiger partial charge in [-0.25, -0.2) is 0 Å². The summed E-state index contributed by atoms with van der Waals surface area (Å²) in [6.07, 6.45) is -24.4. The van der Waals surface area contributed by atoms with Crippen LogP contribution in [0, 0.1) is 0 Å². The van der Waals surface area contributed by atoms with Crippen molar-refractivity contribution >= 4 is 36.4 Å². The average Bonchev–Trinajstić information content (AvgIpc) is 2.75. The number of benzene rings is 2. The van der Waals surface area contributed by atoms with Gasteiger partial charge >= 0.3 is 217 Å². The summed E-state index contributed by atoms with van der Waals surface area (Å²) < 4.78 is 173. The Labute approximate surface area is 216 Å². The van der Waals surface area contributed by atoms with Crippen molar-refractivity contribution in [2.75, 3.05) is 0 Å². The number of alkyl halides is 12. The SMILES string of the molecule is CC([N]1[Si](C)(C)[N](C(C)(C(F)(F)F)C(F)(F)F)[Pb]1([c]1ccccc1)[c]1ccccc1)(C(F)(F)F)C(F)(F)F. The molecule has 2 nitrogen and oxygen atoms in total. The molecule has 1 saturated heterocycles. The molecule has 1 aliphatic rings. The predicted octanol–water partition coefficient (Wildman–Crippen LogP) is 6.33. The van der Waals surface area contributed by atoms with Gasteiger partial charge in [0.25, 0.3) is 0 Å². The molecule has 0 saturated carbocycles. The van der Waals surface area contributed by atoms with Crippen LogP contribution in [0.25, 0.3) is 0 Å². The van der Waals surface area contributed by atoms with Crippen LogP contribution in [0.3, 0.4) is 0 Å². The van der Waals surface area contributed by atoms with Gasteiger partial charge < -0.3 is 0 Å². The van der Waals surface area contributed by atoms with Crippen molar-refractivity contribution in [1.29, 1.82) is 0 Å². The fourth-order valence-electron chi connectivity index (χ4n) is 5.54. The van der Waals surface area contributed by atoms with Crippen molar-refractivity contribution in [3.8, 4) is 0 Å². The van der Waals surface area contributed by atoms with E-state index < -0.39 is 72.2 Å². The number of hydrogen-bond acceptors (Lipinski definition) is 2. The Morgan fingerprint density at radius 1 is 0.500 bits per heavy atom. The first kappa shape index (κ1) is 31.2. The van der Waals surface area contributed by atoms with Gasteiger partial charge in [-0.15, -0.1) is 0 Å². The van der Waals surface area contributed by atoms with Crippen LogP contribution in [0.15, 0.2) is 60.7 Å². The third-order valence-corrected chi connectivity index (χ3v) is 46.1. The third-order valence-electron chi connectivity index (χ3n) is 7.20. The molecule has 0 atom stereocenters. The van der Waals surface area contributed by atoms with Gasteiger partial charge in [0.05, 0.1) is 0 Å². The third kappa shape index (κ3) is 4.03. The molecular weight excluding hydrogens is 756 g/mol. The van der Waals surface area contributed by atoms with E-state index in [1.54, 1.807) is 0 Å². The summed E-state index contributed by atoms with van der Waals surface area (Å²) in [6.45, 7) is 0.946. The van der Waals surface area contributed by atoms with Crippen molar-refractivity contribution in [3.63, 3.8) is 0 Å². The number of hydrogen-bond donors (Lipinski definition) is 0. The second-order valence-corrected chi connectivity index (χ2v) is 30.3. The zero-order valence-electron chi connectivity index (χ0n) is 20.2. The van der Waals surface area contributed by atoms with Crippen LogP contribution in [-0.4, -0.2) is 70.7 Å². The summed E-state index contributed by atoms with van der Waals surface area (Å²) >= 11 is -6.91. The molecule has 0 aliphatic carbocycles. The Bertz CT molecular complexity index is 1030. The molecule has 1 heterocycles. The van der Waals surface area contributed by atoms with E-state index in [1.807, 2.05) is 0 Å². The summed E-state index contributed by atoms with van der Waals surface area (Å²) in [4.78, 5) is 0. The first-order chi connectivity index (χ1) is 16.9. The van der Waals surface area contributed by atoms with Crippen molar-refractivity contribution < 1.29 is 52.7 Å². The van der Waals surface area contributed by atoms with E-state index in [9.17, 15) is 52.7 Å². The summed E-state index contributed by atoms with van der Waals surface area (Å²) in [5, 5.41) is 0. The predicted molar refractivity (Wildman–Crippen MR) is 120 cm³/mol. The summed E-state index contributed by atoms with van der Waals surface area (Å²) in [5.74, 6) is 0. The van der Waals surface area contributed by atoms with Crippen LogP contribution in [-0.2, 0) is 0 Å². The van der Waals surface area contributed by atoms with Crippen LogP contribution in [0.1, 0.15) is 13.8 Å². The van der Waals surface area contributed by atoms with Gasteiger partial charge in [0.15, 0.2) is 0 Å².